The summed E-state index contributed by atoms with van der Waals surface area (Å²) in [6.45, 7) is 5.40. The fraction of sp³-hybridized carbons (Fsp3) is 0.533. The minimum Gasteiger partial charge on any atom is -0.391 e. The van der Waals surface area contributed by atoms with Crippen LogP contribution in [0.5, 0.6) is 0 Å². The van der Waals surface area contributed by atoms with Crippen LogP contribution in [-0.4, -0.2) is 40.9 Å². The maximum Gasteiger partial charge on any atom is 0.233 e. The molecule has 19 heavy (non-hydrogen) atoms. The van der Waals surface area contributed by atoms with E-state index in [1.165, 1.54) is 16.0 Å². The standard InChI is InChI=1S/C15H21NO2S/c1-11-5-6-12(2)14(8-11)19-10-15(18)16-7-3-4-13(17)9-16/h5-6,8,13,17H,3-4,7,9-10H2,1-2H3/t13-/m0/s1. The summed E-state index contributed by atoms with van der Waals surface area (Å²) in [5, 5.41) is 9.59. The predicted molar refractivity (Wildman–Crippen MR) is 78.5 cm³/mol. The van der Waals surface area contributed by atoms with Crippen LogP contribution < -0.4 is 0 Å². The molecule has 1 fully saturated rings. The second-order valence-corrected chi connectivity index (χ2v) is 6.21. The first-order valence-corrected chi connectivity index (χ1v) is 7.70. The molecule has 3 nitrogen and oxygen atoms in total. The minimum absolute atomic E-state index is 0.129. The molecule has 1 aliphatic heterocycles. The van der Waals surface area contributed by atoms with Crippen LogP contribution in [0.4, 0.5) is 0 Å². The Bertz CT molecular complexity index is 461. The number of thioether (sulfide) groups is 1. The highest BCUT2D eigenvalue weighted by Crippen LogP contribution is 2.24. The molecule has 0 aliphatic carbocycles. The number of hydrogen-bond donors (Lipinski definition) is 1. The molecule has 1 saturated heterocycles. The molecule has 104 valence electrons. The first-order chi connectivity index (χ1) is 9.06. The fourth-order valence-corrected chi connectivity index (χ4v) is 3.30. The van der Waals surface area contributed by atoms with Crippen LogP contribution in [0.1, 0.15) is 24.0 Å². The number of hydrogen-bond acceptors (Lipinski definition) is 3. The second kappa shape index (κ2) is 6.44. The Kier molecular flexibility index (Phi) is 4.88. The van der Waals surface area contributed by atoms with Crippen LogP contribution >= 0.6 is 11.8 Å². The van der Waals surface area contributed by atoms with Gasteiger partial charge in [0.05, 0.1) is 11.9 Å². The van der Waals surface area contributed by atoms with Gasteiger partial charge < -0.3 is 10.0 Å². The van der Waals surface area contributed by atoms with Crippen LogP contribution in [0.3, 0.4) is 0 Å². The Balaban J connectivity index is 1.91. The quantitative estimate of drug-likeness (QED) is 0.864. The lowest BCUT2D eigenvalue weighted by Gasteiger charge is -2.30. The van der Waals surface area contributed by atoms with Crippen molar-refractivity contribution in [1.82, 2.24) is 4.90 Å². The number of piperidine rings is 1. The number of nitrogens with zero attached hydrogens (tertiary/aromatic N) is 1. The van der Waals surface area contributed by atoms with Gasteiger partial charge in [0.1, 0.15) is 0 Å². The summed E-state index contributed by atoms with van der Waals surface area (Å²) in [6, 6.07) is 6.30. The Morgan fingerprint density at radius 3 is 3.00 bits per heavy atom. The first kappa shape index (κ1) is 14.4. The Labute approximate surface area is 119 Å². The van der Waals surface area contributed by atoms with Gasteiger partial charge >= 0.3 is 0 Å². The smallest absolute Gasteiger partial charge is 0.233 e. The van der Waals surface area contributed by atoms with Crippen molar-refractivity contribution >= 4 is 17.7 Å². The van der Waals surface area contributed by atoms with Crippen molar-refractivity contribution in [2.24, 2.45) is 0 Å². The summed E-state index contributed by atoms with van der Waals surface area (Å²) in [5.41, 5.74) is 2.43. The summed E-state index contributed by atoms with van der Waals surface area (Å²) < 4.78 is 0. The summed E-state index contributed by atoms with van der Waals surface area (Å²) in [4.78, 5) is 15.1. The largest absolute Gasteiger partial charge is 0.391 e. The number of carbonyl (C=O) groups is 1. The van der Waals surface area contributed by atoms with E-state index in [1.807, 2.05) is 0 Å². The first-order valence-electron chi connectivity index (χ1n) is 6.72. The van der Waals surface area contributed by atoms with Gasteiger partial charge in [0.25, 0.3) is 0 Å². The molecule has 1 N–H and O–H groups in total. The average Bonchev–Trinajstić information content (AvgIpc) is 2.39. The molecule has 1 heterocycles. The van der Waals surface area contributed by atoms with Gasteiger partial charge in [-0.05, 0) is 38.3 Å². The minimum atomic E-state index is -0.344. The fourth-order valence-electron chi connectivity index (χ4n) is 2.27. The van der Waals surface area contributed by atoms with E-state index >= 15 is 0 Å². The third kappa shape index (κ3) is 3.98. The molecule has 4 heteroatoms. The predicted octanol–water partition coefficient (Wildman–Crippen LogP) is 2.38. The second-order valence-electron chi connectivity index (χ2n) is 5.19. The Morgan fingerprint density at radius 2 is 2.26 bits per heavy atom. The normalized spacial score (nSPS) is 19.5. The summed E-state index contributed by atoms with van der Waals surface area (Å²) in [7, 11) is 0. The van der Waals surface area contributed by atoms with Gasteiger partial charge in [-0.1, -0.05) is 17.7 Å². The number of aliphatic hydroxyl groups excluding tert-OH is 1. The molecule has 0 radical (unpaired) electrons. The van der Waals surface area contributed by atoms with Gasteiger partial charge in [-0.15, -0.1) is 11.8 Å². The SMILES string of the molecule is Cc1ccc(C)c(SCC(=O)N2CCC[C@H](O)C2)c1. The van der Waals surface area contributed by atoms with Crippen molar-refractivity contribution < 1.29 is 9.90 Å². The van der Waals surface area contributed by atoms with Crippen LogP contribution in [0, 0.1) is 13.8 Å². The van der Waals surface area contributed by atoms with Crippen LogP contribution in [0.25, 0.3) is 0 Å². The van der Waals surface area contributed by atoms with E-state index in [4.69, 9.17) is 0 Å². The summed E-state index contributed by atoms with van der Waals surface area (Å²) in [5.74, 6) is 0.585. The summed E-state index contributed by atoms with van der Waals surface area (Å²) >= 11 is 1.59. The zero-order valence-corrected chi connectivity index (χ0v) is 12.4. The zero-order chi connectivity index (χ0) is 13.8. The monoisotopic (exact) mass is 279 g/mol. The molecule has 1 aromatic rings. The molecule has 0 spiro atoms. The van der Waals surface area contributed by atoms with E-state index in [9.17, 15) is 9.90 Å². The topological polar surface area (TPSA) is 40.5 Å². The Morgan fingerprint density at radius 1 is 1.47 bits per heavy atom. The van der Waals surface area contributed by atoms with Crippen molar-refractivity contribution in [3.8, 4) is 0 Å². The molecule has 1 aromatic carbocycles. The molecule has 2 rings (SSSR count). The molecular formula is C15H21NO2S. The van der Waals surface area contributed by atoms with E-state index in [-0.39, 0.29) is 12.0 Å². The van der Waals surface area contributed by atoms with E-state index in [1.54, 1.807) is 16.7 Å². The van der Waals surface area contributed by atoms with Crippen LogP contribution in [0.2, 0.25) is 0 Å². The zero-order valence-electron chi connectivity index (χ0n) is 11.6. The van der Waals surface area contributed by atoms with Gasteiger partial charge in [0.15, 0.2) is 0 Å². The van der Waals surface area contributed by atoms with Gasteiger partial charge in [0.2, 0.25) is 5.91 Å². The van der Waals surface area contributed by atoms with E-state index in [0.717, 1.165) is 19.4 Å². The third-order valence-corrected chi connectivity index (χ3v) is 4.59. The lowest BCUT2D eigenvalue weighted by atomic mass is 10.1. The van der Waals surface area contributed by atoms with E-state index < -0.39 is 0 Å². The maximum absolute atomic E-state index is 12.1. The van der Waals surface area contributed by atoms with Crippen LogP contribution in [-0.2, 0) is 4.79 Å². The molecule has 1 amide bonds. The van der Waals surface area contributed by atoms with Gasteiger partial charge in [0, 0.05) is 18.0 Å². The van der Waals surface area contributed by atoms with E-state index in [2.05, 4.69) is 32.0 Å². The molecule has 0 unspecified atom stereocenters. The number of aryl methyl sites for hydroxylation is 2. The molecule has 0 saturated carbocycles. The number of β-amino-alcohol motifs (C(OH)–C–C–N with tert-alkyl or cyclic N) is 1. The molecular weight excluding hydrogens is 258 g/mol. The third-order valence-electron chi connectivity index (χ3n) is 3.44. The number of carbonyl (C=O) groups excluding carboxylic acids is 1. The number of benzene rings is 1. The van der Waals surface area contributed by atoms with Crippen molar-refractivity contribution in [3.63, 3.8) is 0 Å². The molecule has 1 atom stereocenters. The van der Waals surface area contributed by atoms with Gasteiger partial charge in [-0.2, -0.15) is 0 Å². The van der Waals surface area contributed by atoms with Gasteiger partial charge in [-0.3, -0.25) is 4.79 Å². The number of rotatable bonds is 3. The van der Waals surface area contributed by atoms with Crippen molar-refractivity contribution in [3.05, 3.63) is 29.3 Å². The molecule has 0 bridgehead atoms. The van der Waals surface area contributed by atoms with Crippen molar-refractivity contribution in [1.29, 1.82) is 0 Å². The maximum atomic E-state index is 12.1. The highest BCUT2D eigenvalue weighted by molar-refractivity contribution is 8.00. The van der Waals surface area contributed by atoms with Crippen molar-refractivity contribution in [2.45, 2.75) is 37.7 Å². The highest BCUT2D eigenvalue weighted by atomic mass is 32.2. The lowest BCUT2D eigenvalue weighted by Crippen LogP contribution is -2.42. The molecule has 1 aliphatic rings. The number of aliphatic hydroxyl groups is 1. The lowest BCUT2D eigenvalue weighted by molar-refractivity contribution is -0.131. The molecule has 0 aromatic heterocycles. The van der Waals surface area contributed by atoms with Gasteiger partial charge in [-0.25, -0.2) is 0 Å². The summed E-state index contributed by atoms with van der Waals surface area (Å²) in [6.07, 6.45) is 1.37. The average molecular weight is 279 g/mol. The Hall–Kier alpha value is -1.00. The van der Waals surface area contributed by atoms with Crippen LogP contribution in [0.15, 0.2) is 23.1 Å². The highest BCUT2D eigenvalue weighted by Gasteiger charge is 2.21. The van der Waals surface area contributed by atoms with E-state index in [0.29, 0.717) is 12.3 Å². The van der Waals surface area contributed by atoms with Crippen molar-refractivity contribution in [2.75, 3.05) is 18.8 Å². The number of likely N-dealkylation sites (tertiary alicyclic amines) is 1. The number of amides is 1.